The fourth-order valence-electron chi connectivity index (χ4n) is 0.679. The molecule has 0 aliphatic carbocycles. The van der Waals surface area contributed by atoms with Crippen molar-refractivity contribution in [3.8, 4) is 35.5 Å². The van der Waals surface area contributed by atoms with Gasteiger partial charge in [-0.2, -0.15) is 0 Å². The Kier molecular flexibility index (Phi) is 7.21. The van der Waals surface area contributed by atoms with Crippen LogP contribution >= 0.6 is 0 Å². The van der Waals surface area contributed by atoms with Crippen molar-refractivity contribution < 1.29 is 10.2 Å². The van der Waals surface area contributed by atoms with Crippen LogP contribution in [-0.2, 0) is 0 Å². The Morgan fingerprint density at radius 1 is 1.00 bits per heavy atom. The SMILES string of the molecule is CC(C)(O)C#CC#CC#CCCCCO. The van der Waals surface area contributed by atoms with Gasteiger partial charge in [-0.05, 0) is 50.4 Å². The molecule has 2 heteroatoms. The van der Waals surface area contributed by atoms with Crippen LogP contribution in [0.2, 0.25) is 0 Å². The van der Waals surface area contributed by atoms with Crippen LogP contribution in [0.5, 0.6) is 0 Å². The van der Waals surface area contributed by atoms with Gasteiger partial charge in [-0.25, -0.2) is 0 Å². The van der Waals surface area contributed by atoms with Gasteiger partial charge in [0.1, 0.15) is 5.60 Å². The number of hydrogen-bond acceptors (Lipinski definition) is 2. The van der Waals surface area contributed by atoms with Crippen LogP contribution < -0.4 is 0 Å². The average Bonchev–Trinajstić information content (AvgIpc) is 2.14. The lowest BCUT2D eigenvalue weighted by molar-refractivity contribution is 0.143. The standard InChI is InChI=1S/C13H16O2/c1-13(2,15)11-9-7-5-3-4-6-8-10-12-14/h14-15H,6,8,10,12H2,1-2H3. The Bertz CT molecular complexity index is 342. The summed E-state index contributed by atoms with van der Waals surface area (Å²) in [6, 6.07) is 0. The van der Waals surface area contributed by atoms with E-state index in [0.29, 0.717) is 0 Å². The summed E-state index contributed by atoms with van der Waals surface area (Å²) in [7, 11) is 0. The van der Waals surface area contributed by atoms with Gasteiger partial charge in [-0.3, -0.25) is 0 Å². The lowest BCUT2D eigenvalue weighted by Crippen LogP contribution is -2.14. The highest BCUT2D eigenvalue weighted by atomic mass is 16.3. The number of aliphatic hydroxyl groups excluding tert-OH is 1. The number of hydrogen-bond donors (Lipinski definition) is 2. The lowest BCUT2D eigenvalue weighted by Gasteiger charge is -2.04. The van der Waals surface area contributed by atoms with Crippen molar-refractivity contribution in [2.24, 2.45) is 0 Å². The largest absolute Gasteiger partial charge is 0.396 e. The lowest BCUT2D eigenvalue weighted by atomic mass is 10.1. The maximum absolute atomic E-state index is 9.22. The smallest absolute Gasteiger partial charge is 0.120 e. The van der Waals surface area contributed by atoms with Crippen molar-refractivity contribution >= 4 is 0 Å². The maximum atomic E-state index is 9.22. The van der Waals surface area contributed by atoms with E-state index in [1.807, 2.05) is 0 Å². The van der Waals surface area contributed by atoms with E-state index in [-0.39, 0.29) is 6.61 Å². The van der Waals surface area contributed by atoms with Gasteiger partial charge in [0.15, 0.2) is 0 Å². The molecule has 0 aromatic carbocycles. The molecule has 0 unspecified atom stereocenters. The molecule has 0 saturated carbocycles. The number of aliphatic hydroxyl groups is 2. The molecule has 0 radical (unpaired) electrons. The second-order valence-corrected chi connectivity index (χ2v) is 3.54. The molecule has 0 fully saturated rings. The van der Waals surface area contributed by atoms with Gasteiger partial charge < -0.3 is 10.2 Å². The molecule has 0 aromatic heterocycles. The molecule has 0 rings (SSSR count). The highest BCUT2D eigenvalue weighted by Crippen LogP contribution is 1.95. The van der Waals surface area contributed by atoms with Crippen molar-refractivity contribution in [1.29, 1.82) is 0 Å². The molecule has 0 spiro atoms. The molecule has 0 heterocycles. The molecule has 0 atom stereocenters. The Balaban J connectivity index is 3.83. The van der Waals surface area contributed by atoms with Crippen LogP contribution in [0.15, 0.2) is 0 Å². The van der Waals surface area contributed by atoms with Gasteiger partial charge in [0.25, 0.3) is 0 Å². The molecule has 2 N–H and O–H groups in total. The molecule has 0 aliphatic rings. The first-order valence-corrected chi connectivity index (χ1v) is 4.89. The van der Waals surface area contributed by atoms with Crippen LogP contribution in [0.4, 0.5) is 0 Å². The third-order valence-corrected chi connectivity index (χ3v) is 1.35. The third-order valence-electron chi connectivity index (χ3n) is 1.35. The third kappa shape index (κ3) is 12.6. The van der Waals surface area contributed by atoms with Crippen molar-refractivity contribution in [2.75, 3.05) is 6.61 Å². The van der Waals surface area contributed by atoms with Crippen LogP contribution in [0.1, 0.15) is 33.1 Å². The van der Waals surface area contributed by atoms with Gasteiger partial charge in [-0.1, -0.05) is 11.8 Å². The molecule has 15 heavy (non-hydrogen) atoms. The first-order valence-electron chi connectivity index (χ1n) is 4.89. The van der Waals surface area contributed by atoms with E-state index in [9.17, 15) is 5.11 Å². The average molecular weight is 204 g/mol. The predicted octanol–water partition coefficient (Wildman–Crippen LogP) is 0.930. The molecule has 0 amide bonds. The normalized spacial score (nSPS) is 8.80. The zero-order chi connectivity index (χ0) is 11.6. The van der Waals surface area contributed by atoms with E-state index in [0.717, 1.165) is 19.3 Å². The molecule has 0 aliphatic heterocycles. The minimum atomic E-state index is -0.997. The first kappa shape index (κ1) is 13.6. The van der Waals surface area contributed by atoms with Crippen LogP contribution in [0.25, 0.3) is 0 Å². The molecule has 0 saturated heterocycles. The summed E-state index contributed by atoms with van der Waals surface area (Å²) in [6.45, 7) is 3.41. The quantitative estimate of drug-likeness (QED) is 0.530. The second-order valence-electron chi connectivity index (χ2n) is 3.54. The van der Waals surface area contributed by atoms with Crippen molar-refractivity contribution in [2.45, 2.75) is 38.7 Å². The van der Waals surface area contributed by atoms with E-state index in [1.54, 1.807) is 13.8 Å². The number of unbranched alkanes of at least 4 members (excludes halogenated alkanes) is 2. The Morgan fingerprint density at radius 2 is 1.67 bits per heavy atom. The van der Waals surface area contributed by atoms with Crippen LogP contribution in [0, 0.1) is 35.5 Å². The molecular formula is C13H16O2. The highest BCUT2D eigenvalue weighted by molar-refractivity contribution is 5.36. The van der Waals surface area contributed by atoms with Crippen LogP contribution in [0.3, 0.4) is 0 Å². The molecule has 80 valence electrons. The van der Waals surface area contributed by atoms with E-state index < -0.39 is 5.60 Å². The van der Waals surface area contributed by atoms with Crippen LogP contribution in [-0.4, -0.2) is 22.4 Å². The minimum absolute atomic E-state index is 0.213. The molecular weight excluding hydrogens is 188 g/mol. The summed E-state index contributed by atoms with van der Waals surface area (Å²) in [5.41, 5.74) is -0.997. The minimum Gasteiger partial charge on any atom is -0.396 e. The monoisotopic (exact) mass is 204 g/mol. The predicted molar refractivity (Wildman–Crippen MR) is 60.6 cm³/mol. The molecule has 0 bridgehead atoms. The fraction of sp³-hybridized carbons (Fsp3) is 0.538. The van der Waals surface area contributed by atoms with Gasteiger partial charge in [0.2, 0.25) is 0 Å². The zero-order valence-corrected chi connectivity index (χ0v) is 9.22. The van der Waals surface area contributed by atoms with Gasteiger partial charge >= 0.3 is 0 Å². The summed E-state index contributed by atoms with van der Waals surface area (Å²) in [6.07, 6.45) is 2.41. The van der Waals surface area contributed by atoms with Crippen molar-refractivity contribution in [3.05, 3.63) is 0 Å². The van der Waals surface area contributed by atoms with Crippen molar-refractivity contribution in [3.63, 3.8) is 0 Å². The summed E-state index contributed by atoms with van der Waals surface area (Å²) >= 11 is 0. The fourth-order valence-corrected chi connectivity index (χ4v) is 0.679. The maximum Gasteiger partial charge on any atom is 0.120 e. The first-order chi connectivity index (χ1) is 7.06. The van der Waals surface area contributed by atoms with Gasteiger partial charge in [0, 0.05) is 13.0 Å². The van der Waals surface area contributed by atoms with E-state index in [4.69, 9.17) is 5.11 Å². The summed E-state index contributed by atoms with van der Waals surface area (Å²) in [5, 5.41) is 17.7. The van der Waals surface area contributed by atoms with E-state index in [1.165, 1.54) is 0 Å². The van der Waals surface area contributed by atoms with Gasteiger partial charge in [0.05, 0.1) is 0 Å². The Labute approximate surface area is 91.7 Å². The highest BCUT2D eigenvalue weighted by Gasteiger charge is 2.04. The topological polar surface area (TPSA) is 40.5 Å². The zero-order valence-electron chi connectivity index (χ0n) is 9.22. The molecule has 0 aromatic rings. The Hall–Kier alpha value is -1.40. The molecule has 2 nitrogen and oxygen atoms in total. The second kappa shape index (κ2) is 7.95. The summed E-state index contributed by atoms with van der Waals surface area (Å²) in [5.74, 6) is 15.7. The van der Waals surface area contributed by atoms with Gasteiger partial charge in [-0.15, -0.1) is 0 Å². The Morgan fingerprint density at radius 3 is 2.27 bits per heavy atom. The van der Waals surface area contributed by atoms with E-state index >= 15 is 0 Å². The van der Waals surface area contributed by atoms with E-state index in [2.05, 4.69) is 35.5 Å². The number of rotatable bonds is 3. The summed E-state index contributed by atoms with van der Waals surface area (Å²) in [4.78, 5) is 0. The van der Waals surface area contributed by atoms with Crippen molar-refractivity contribution in [1.82, 2.24) is 0 Å². The summed E-state index contributed by atoms with van der Waals surface area (Å²) < 4.78 is 0.